The zero-order valence-electron chi connectivity index (χ0n) is 77.3. The second kappa shape index (κ2) is 32.6. The third-order valence-electron chi connectivity index (χ3n) is 28.9. The lowest BCUT2D eigenvalue weighted by Gasteiger charge is -2.23. The zero-order chi connectivity index (χ0) is 94.2. The van der Waals surface area contributed by atoms with Crippen molar-refractivity contribution in [2.24, 2.45) is 0 Å². The third-order valence-corrected chi connectivity index (χ3v) is 32.4. The molecule has 0 saturated heterocycles. The highest BCUT2D eigenvalue weighted by atomic mass is 32.1. The Bertz CT molecular complexity index is 10500. The van der Waals surface area contributed by atoms with Crippen molar-refractivity contribution >= 4 is 204 Å². The van der Waals surface area contributed by atoms with Crippen LogP contribution in [0.25, 0.3) is 272 Å². The first-order chi connectivity index (χ1) is 70.7. The third kappa shape index (κ3) is 12.9. The minimum Gasteiger partial charge on any atom is -0.454 e. The van der Waals surface area contributed by atoms with Gasteiger partial charge in [-0.05, 0) is 125 Å². The van der Waals surface area contributed by atoms with Gasteiger partial charge in [-0.2, -0.15) is 0 Å². The number of furan rings is 1. The van der Waals surface area contributed by atoms with E-state index in [1.165, 1.54) is 107 Å². The van der Waals surface area contributed by atoms with Gasteiger partial charge in [-0.1, -0.05) is 360 Å². The number of nitrogens with zero attached hydrogens (tertiary/aromatic N) is 10. The highest BCUT2D eigenvalue weighted by Crippen LogP contribution is 2.55. The van der Waals surface area contributed by atoms with Gasteiger partial charge in [0.1, 0.15) is 5.58 Å². The van der Waals surface area contributed by atoms with Crippen molar-refractivity contribution in [1.29, 1.82) is 0 Å². The SMILES string of the molecule is CC1(C)c2ccccc2-c2ccc3c4ccccc4n(-c4cccc(-c5nc(-c6ccccc6)c6sc7ccccc7c6n5)c4)c3c21.c1ccc(-c2nc(-c3cccc(-n4c5ccccc5c5ccc6c7ccccc7n(-c7ccccc7)c6c54)c3)nc3c2sc2ccccc23)cc1.c1ccc(-c2nc(-c3ccccc3-n3c4ccccc4c4ccc5c6ccccc6oc5c43)nc3c2sc2ccccc23)cc1. The topological polar surface area (TPSA) is 110 Å². The van der Waals surface area contributed by atoms with Crippen LogP contribution in [0.4, 0.5) is 0 Å². The fourth-order valence-electron chi connectivity index (χ4n) is 22.6. The summed E-state index contributed by atoms with van der Waals surface area (Å²) in [4.78, 5) is 31.8. The summed E-state index contributed by atoms with van der Waals surface area (Å²) in [5, 5.41) is 15.5. The van der Waals surface area contributed by atoms with E-state index in [2.05, 4.69) is 463 Å². The maximum atomic E-state index is 6.62. The molecule has 0 saturated carbocycles. The van der Waals surface area contributed by atoms with Gasteiger partial charge in [0.2, 0.25) is 0 Å². The highest BCUT2D eigenvalue weighted by Gasteiger charge is 2.39. The molecule has 670 valence electrons. The molecule has 31 rings (SSSR count). The van der Waals surface area contributed by atoms with Gasteiger partial charge in [-0.25, -0.2) is 29.9 Å². The molecule has 0 N–H and O–H groups in total. The minimum atomic E-state index is -0.145. The van der Waals surface area contributed by atoms with Gasteiger partial charge in [0.25, 0.3) is 0 Å². The number of rotatable bonds is 10. The van der Waals surface area contributed by atoms with Crippen LogP contribution in [-0.2, 0) is 5.41 Å². The van der Waals surface area contributed by atoms with Crippen molar-refractivity contribution in [3.05, 3.63) is 460 Å². The van der Waals surface area contributed by atoms with Crippen LogP contribution < -0.4 is 0 Å². The van der Waals surface area contributed by atoms with Crippen LogP contribution in [0.5, 0.6) is 0 Å². The minimum absolute atomic E-state index is 0.145. The highest BCUT2D eigenvalue weighted by molar-refractivity contribution is 7.27. The molecular weight excluding hydrogens is 1800 g/mol. The molecule has 0 fully saturated rings. The number of hydrogen-bond acceptors (Lipinski definition) is 10. The molecule has 0 amide bonds. The second-order valence-corrected chi connectivity index (χ2v) is 40.5. The molecule has 0 unspecified atom stereocenters. The molecule has 30 aromatic rings. The van der Waals surface area contributed by atoms with Crippen molar-refractivity contribution in [3.63, 3.8) is 0 Å². The van der Waals surface area contributed by atoms with Crippen molar-refractivity contribution in [3.8, 4) is 102 Å². The Hall–Kier alpha value is -17.9. The molecule has 0 bridgehead atoms. The maximum Gasteiger partial charge on any atom is 0.162 e. The van der Waals surface area contributed by atoms with E-state index in [9.17, 15) is 0 Å². The molecule has 11 nitrogen and oxygen atoms in total. The van der Waals surface area contributed by atoms with Crippen molar-refractivity contribution in [2.75, 3.05) is 0 Å². The molecular formula is C129H80N10OS3. The summed E-state index contributed by atoms with van der Waals surface area (Å²) in [5.41, 5.74) is 32.8. The summed E-state index contributed by atoms with van der Waals surface area (Å²) < 4.78 is 23.3. The molecule has 0 radical (unpaired) electrons. The summed E-state index contributed by atoms with van der Waals surface area (Å²) in [7, 11) is 0. The Labute approximate surface area is 831 Å². The standard InChI is InChI=1S/C46H28N4S.C43H29N3S.C40H23N3OS/c1-3-14-29(15-4-1)41-45-42(37-22-9-12-25-40(37)51-45)48-46(47-41)30-16-13-19-32(28-30)50-39-24-11-8-21-34(39)36-27-26-35-33-20-7-10-23-38(33)49(43(35)44(36)50)31-17-5-2-6-18-31;1-43(2)34-20-9-6-17-29(34)31-23-24-32-30-18-7-10-21-35(30)46(40(32)37(31)43)28-16-12-15-27(25-28)42-44-38(26-13-4-3-5-14-26)41-39(45-42)33-19-8-11-22-36(33)47-41;1-2-12-24(13-3-1)35-39-36(30-17-7-11-21-34(30)45-39)42-40(41-35)29-16-5-9-19-32(29)43-31-18-8-4-14-25(31)27-22-23-28-26-15-6-10-20-33(26)44-38(28)37(27)43/h1-28H;3-25H,1-2H3;1-23H. The number of fused-ring (bicyclic) bond motifs is 30. The van der Waals surface area contributed by atoms with Crippen LogP contribution in [0, 0.1) is 0 Å². The summed E-state index contributed by atoms with van der Waals surface area (Å²) in [6.45, 7) is 4.74. The van der Waals surface area contributed by atoms with Crippen LogP contribution in [0.3, 0.4) is 0 Å². The Morgan fingerprint density at radius 2 is 0.573 bits per heavy atom. The fraction of sp³-hybridized carbons (Fsp3) is 0.0233. The Balaban J connectivity index is 0.000000102. The lowest BCUT2D eigenvalue weighted by molar-refractivity contribution is 0.664. The number of para-hydroxylation sites is 7. The summed E-state index contributed by atoms with van der Waals surface area (Å²) in [6, 6.07) is 159. The molecule has 1 aliphatic carbocycles. The van der Waals surface area contributed by atoms with Gasteiger partial charge in [0.15, 0.2) is 23.1 Å². The molecule has 1 aliphatic rings. The maximum absolute atomic E-state index is 6.62. The second-order valence-electron chi connectivity index (χ2n) is 37.3. The Morgan fingerprint density at radius 1 is 0.231 bits per heavy atom. The van der Waals surface area contributed by atoms with E-state index in [0.717, 1.165) is 170 Å². The summed E-state index contributed by atoms with van der Waals surface area (Å²) in [6.07, 6.45) is 0. The molecule has 11 heterocycles. The lowest BCUT2D eigenvalue weighted by Crippen LogP contribution is -2.16. The fourth-order valence-corrected chi connectivity index (χ4v) is 26.1. The van der Waals surface area contributed by atoms with Crippen molar-refractivity contribution in [1.82, 2.24) is 48.2 Å². The predicted octanol–water partition coefficient (Wildman–Crippen LogP) is 35.1. The van der Waals surface area contributed by atoms with Gasteiger partial charge in [0, 0.05) is 140 Å². The molecule has 14 heteroatoms. The first-order valence-electron chi connectivity index (χ1n) is 48.3. The number of thiophene rings is 3. The number of hydrogen-bond donors (Lipinski definition) is 0. The normalized spacial score (nSPS) is 12.5. The van der Waals surface area contributed by atoms with E-state index in [4.69, 9.17) is 34.3 Å². The van der Waals surface area contributed by atoms with E-state index >= 15 is 0 Å². The largest absolute Gasteiger partial charge is 0.454 e. The lowest BCUT2D eigenvalue weighted by atomic mass is 9.81. The smallest absolute Gasteiger partial charge is 0.162 e. The summed E-state index contributed by atoms with van der Waals surface area (Å²) >= 11 is 5.28. The predicted molar refractivity (Wildman–Crippen MR) is 600 cm³/mol. The molecule has 0 atom stereocenters. The molecule has 143 heavy (non-hydrogen) atoms. The van der Waals surface area contributed by atoms with E-state index in [-0.39, 0.29) is 5.41 Å². The quantitative estimate of drug-likeness (QED) is 0.134. The molecule has 0 spiro atoms. The zero-order valence-corrected chi connectivity index (χ0v) is 79.8. The van der Waals surface area contributed by atoms with Crippen LogP contribution >= 0.6 is 34.0 Å². The molecule has 19 aromatic carbocycles. The van der Waals surface area contributed by atoms with Crippen molar-refractivity contribution in [2.45, 2.75) is 19.3 Å². The van der Waals surface area contributed by atoms with Gasteiger partial charge in [-0.15, -0.1) is 34.0 Å². The molecule has 11 aromatic heterocycles. The van der Waals surface area contributed by atoms with Crippen molar-refractivity contribution < 1.29 is 4.42 Å². The van der Waals surface area contributed by atoms with E-state index in [1.54, 1.807) is 34.0 Å². The first kappa shape index (κ1) is 82.2. The van der Waals surface area contributed by atoms with Crippen LogP contribution in [0.15, 0.2) is 453 Å². The monoisotopic (exact) mass is 1880 g/mol. The van der Waals surface area contributed by atoms with E-state index < -0.39 is 0 Å². The average Bonchev–Trinajstić information content (AvgIpc) is 1.54. The number of benzene rings is 19. The van der Waals surface area contributed by atoms with Gasteiger partial charge in [0.05, 0.1) is 97.6 Å². The van der Waals surface area contributed by atoms with Crippen LogP contribution in [0.1, 0.15) is 25.0 Å². The van der Waals surface area contributed by atoms with Crippen LogP contribution in [-0.4, -0.2) is 48.2 Å². The molecule has 0 aliphatic heterocycles. The average molecular weight is 1880 g/mol. The van der Waals surface area contributed by atoms with E-state index in [1.807, 2.05) is 18.2 Å². The van der Waals surface area contributed by atoms with Gasteiger partial charge < -0.3 is 22.7 Å². The summed E-state index contributed by atoms with van der Waals surface area (Å²) in [5.74, 6) is 2.15. The van der Waals surface area contributed by atoms with Gasteiger partial charge in [-0.3, -0.25) is 0 Å². The number of aromatic nitrogens is 10. The van der Waals surface area contributed by atoms with Gasteiger partial charge >= 0.3 is 0 Å². The Kier molecular flexibility index (Phi) is 18.7. The van der Waals surface area contributed by atoms with Crippen LogP contribution in [0.2, 0.25) is 0 Å². The first-order valence-corrected chi connectivity index (χ1v) is 50.7. The van der Waals surface area contributed by atoms with E-state index in [0.29, 0.717) is 5.82 Å². The Morgan fingerprint density at radius 3 is 1.07 bits per heavy atom.